The Balaban J connectivity index is 2.15. The van der Waals surface area contributed by atoms with Crippen molar-refractivity contribution in [1.82, 2.24) is 0 Å². The van der Waals surface area contributed by atoms with Crippen LogP contribution >= 0.6 is 11.8 Å². The minimum Gasteiger partial charge on any atom is -0.494 e. The highest BCUT2D eigenvalue weighted by Crippen LogP contribution is 2.33. The maximum absolute atomic E-state index is 13.8. The second kappa shape index (κ2) is 8.57. The normalized spacial score (nSPS) is 14.5. The first-order chi connectivity index (χ1) is 13.3. The van der Waals surface area contributed by atoms with Crippen molar-refractivity contribution in [3.8, 4) is 5.75 Å². The van der Waals surface area contributed by atoms with E-state index in [1.54, 1.807) is 24.3 Å². The monoisotopic (exact) mass is 418 g/mol. The first-order valence-corrected chi connectivity index (χ1v) is 11.8. The zero-order chi connectivity index (χ0) is 20.3. The molecule has 28 heavy (non-hydrogen) atoms. The zero-order valence-corrected chi connectivity index (χ0v) is 18.4. The van der Waals surface area contributed by atoms with Crippen molar-refractivity contribution in [2.45, 2.75) is 39.0 Å². The number of nitrogens with zero attached hydrogens (tertiary/aromatic N) is 2. The Hall–Kier alpha value is -1.99. The first kappa shape index (κ1) is 20.7. The van der Waals surface area contributed by atoms with Crippen LogP contribution in [-0.4, -0.2) is 32.5 Å². The van der Waals surface area contributed by atoms with E-state index < -0.39 is 10.0 Å². The van der Waals surface area contributed by atoms with Crippen molar-refractivity contribution in [2.75, 3.05) is 23.2 Å². The standard InChI is InChI=1S/C21H26N2O3S2/c1-5-26-19-9-7-18(8-10-19)23(21-22-11-6-12-27-21)28(24,25)20-16(3)13-15(2)14-17(20)4/h7-10,13-14H,5-6,11-12H2,1-4H3. The van der Waals surface area contributed by atoms with Crippen molar-refractivity contribution in [3.63, 3.8) is 0 Å². The van der Waals surface area contributed by atoms with E-state index in [1.165, 1.54) is 16.1 Å². The van der Waals surface area contributed by atoms with Crippen molar-refractivity contribution in [2.24, 2.45) is 4.99 Å². The van der Waals surface area contributed by atoms with Gasteiger partial charge < -0.3 is 4.74 Å². The van der Waals surface area contributed by atoms with E-state index in [4.69, 9.17) is 4.74 Å². The van der Waals surface area contributed by atoms with E-state index in [2.05, 4.69) is 4.99 Å². The molecule has 0 aliphatic carbocycles. The van der Waals surface area contributed by atoms with Gasteiger partial charge in [-0.1, -0.05) is 29.5 Å². The molecule has 7 heteroatoms. The van der Waals surface area contributed by atoms with Gasteiger partial charge in [0.1, 0.15) is 5.75 Å². The lowest BCUT2D eigenvalue weighted by Gasteiger charge is -2.28. The van der Waals surface area contributed by atoms with E-state index in [1.807, 2.05) is 39.8 Å². The lowest BCUT2D eigenvalue weighted by atomic mass is 10.1. The van der Waals surface area contributed by atoms with Crippen molar-refractivity contribution in [1.29, 1.82) is 0 Å². The van der Waals surface area contributed by atoms with Crippen LogP contribution in [0.3, 0.4) is 0 Å². The van der Waals surface area contributed by atoms with Gasteiger partial charge in [0.25, 0.3) is 10.0 Å². The number of benzene rings is 2. The fraction of sp³-hybridized carbons (Fsp3) is 0.381. The molecule has 0 radical (unpaired) electrons. The van der Waals surface area contributed by atoms with Crippen molar-refractivity contribution < 1.29 is 13.2 Å². The number of hydrogen-bond donors (Lipinski definition) is 0. The Morgan fingerprint density at radius 2 is 1.75 bits per heavy atom. The van der Waals surface area contributed by atoms with Crippen molar-refractivity contribution >= 4 is 32.6 Å². The molecule has 150 valence electrons. The van der Waals surface area contributed by atoms with Gasteiger partial charge in [0, 0.05) is 12.3 Å². The van der Waals surface area contributed by atoms with Gasteiger partial charge in [-0.2, -0.15) is 0 Å². The summed E-state index contributed by atoms with van der Waals surface area (Å²) in [6.45, 7) is 8.78. The molecule has 0 atom stereocenters. The molecule has 0 N–H and O–H groups in total. The molecule has 0 saturated carbocycles. The first-order valence-electron chi connectivity index (χ1n) is 9.38. The number of rotatable bonds is 5. The minimum absolute atomic E-state index is 0.348. The van der Waals surface area contributed by atoms with E-state index in [0.29, 0.717) is 34.7 Å². The smallest absolute Gasteiger partial charge is 0.270 e. The molecule has 3 rings (SSSR count). The van der Waals surface area contributed by atoms with E-state index in [9.17, 15) is 8.42 Å². The molecule has 0 fully saturated rings. The molecule has 0 bridgehead atoms. The predicted octanol–water partition coefficient (Wildman–Crippen LogP) is 4.70. The quantitative estimate of drug-likeness (QED) is 0.706. The maximum atomic E-state index is 13.8. The number of anilines is 1. The number of amidine groups is 1. The summed E-state index contributed by atoms with van der Waals surface area (Å²) in [6, 6.07) is 11.0. The third-order valence-corrected chi connectivity index (χ3v) is 7.64. The fourth-order valence-electron chi connectivity index (χ4n) is 3.43. The summed E-state index contributed by atoms with van der Waals surface area (Å²) in [5, 5.41) is 0.523. The van der Waals surface area contributed by atoms with E-state index in [-0.39, 0.29) is 0 Å². The number of aryl methyl sites for hydroxylation is 3. The SMILES string of the molecule is CCOc1ccc(N(C2=NCCCS2)S(=O)(=O)c2c(C)cc(C)cc2C)cc1. The van der Waals surface area contributed by atoms with Crippen LogP contribution in [0.5, 0.6) is 5.75 Å². The van der Waals surface area contributed by atoms with E-state index >= 15 is 0 Å². The highest BCUT2D eigenvalue weighted by atomic mass is 32.2. The number of aliphatic imine (C=N–C) groups is 1. The number of hydrogen-bond acceptors (Lipinski definition) is 5. The molecule has 0 aromatic heterocycles. The fourth-order valence-corrected chi connectivity index (χ4v) is 6.52. The number of sulfonamides is 1. The Morgan fingerprint density at radius 1 is 1.11 bits per heavy atom. The lowest BCUT2D eigenvalue weighted by molar-refractivity contribution is 0.340. The van der Waals surface area contributed by atoms with Crippen LogP contribution in [0.15, 0.2) is 46.3 Å². The molecule has 1 heterocycles. The summed E-state index contributed by atoms with van der Waals surface area (Å²) >= 11 is 1.48. The van der Waals surface area contributed by atoms with Crippen LogP contribution in [-0.2, 0) is 10.0 Å². The Morgan fingerprint density at radius 3 is 2.29 bits per heavy atom. The molecule has 5 nitrogen and oxygen atoms in total. The highest BCUT2D eigenvalue weighted by molar-refractivity contribution is 8.15. The van der Waals surface area contributed by atoms with Crippen LogP contribution in [0, 0.1) is 20.8 Å². The van der Waals surface area contributed by atoms with Crippen LogP contribution in [0.2, 0.25) is 0 Å². The third-order valence-electron chi connectivity index (χ3n) is 4.44. The molecular weight excluding hydrogens is 392 g/mol. The van der Waals surface area contributed by atoms with Gasteiger partial charge in [0.2, 0.25) is 0 Å². The van der Waals surface area contributed by atoms with Crippen LogP contribution in [0.25, 0.3) is 0 Å². The second-order valence-electron chi connectivity index (χ2n) is 6.79. The molecule has 1 aliphatic heterocycles. The van der Waals surface area contributed by atoms with E-state index in [0.717, 1.165) is 28.9 Å². The van der Waals surface area contributed by atoms with Gasteiger partial charge in [-0.05, 0) is 69.5 Å². The van der Waals surface area contributed by atoms with Gasteiger partial charge in [-0.15, -0.1) is 0 Å². The van der Waals surface area contributed by atoms with Crippen LogP contribution < -0.4 is 9.04 Å². The molecule has 0 spiro atoms. The van der Waals surface area contributed by atoms with Crippen molar-refractivity contribution in [3.05, 3.63) is 53.1 Å². The Labute approximate surface area is 171 Å². The third kappa shape index (κ3) is 4.20. The molecule has 1 aliphatic rings. The molecule has 2 aromatic carbocycles. The summed E-state index contributed by atoms with van der Waals surface area (Å²) in [5.74, 6) is 1.57. The topological polar surface area (TPSA) is 59.0 Å². The van der Waals surface area contributed by atoms with Gasteiger partial charge in [0.05, 0.1) is 17.2 Å². The van der Waals surface area contributed by atoms with Gasteiger partial charge in [-0.25, -0.2) is 12.7 Å². The largest absolute Gasteiger partial charge is 0.494 e. The number of ether oxygens (including phenoxy) is 1. The molecule has 2 aromatic rings. The Kier molecular flexibility index (Phi) is 6.35. The van der Waals surface area contributed by atoms with Gasteiger partial charge in [0.15, 0.2) is 5.17 Å². The summed E-state index contributed by atoms with van der Waals surface area (Å²) in [6.07, 6.45) is 0.952. The summed E-state index contributed by atoms with van der Waals surface area (Å²) in [4.78, 5) is 4.88. The molecule has 0 amide bonds. The Bertz CT molecular complexity index is 960. The van der Waals surface area contributed by atoms with Gasteiger partial charge >= 0.3 is 0 Å². The average molecular weight is 419 g/mol. The number of thioether (sulfide) groups is 1. The summed E-state index contributed by atoms with van der Waals surface area (Å²) in [5.41, 5.74) is 3.10. The van der Waals surface area contributed by atoms with Crippen LogP contribution in [0.1, 0.15) is 30.0 Å². The predicted molar refractivity (Wildman–Crippen MR) is 117 cm³/mol. The second-order valence-corrected chi connectivity index (χ2v) is 9.58. The molecular formula is C21H26N2O3S2. The molecule has 0 unspecified atom stereocenters. The highest BCUT2D eigenvalue weighted by Gasteiger charge is 2.33. The maximum Gasteiger partial charge on any atom is 0.270 e. The van der Waals surface area contributed by atoms with Crippen LogP contribution in [0.4, 0.5) is 5.69 Å². The summed E-state index contributed by atoms with van der Waals surface area (Å²) in [7, 11) is -3.82. The minimum atomic E-state index is -3.82. The van der Waals surface area contributed by atoms with Gasteiger partial charge in [-0.3, -0.25) is 4.99 Å². The lowest BCUT2D eigenvalue weighted by Crippen LogP contribution is -2.37. The average Bonchev–Trinajstić information content (AvgIpc) is 2.63. The molecule has 0 saturated heterocycles. The summed E-state index contributed by atoms with van der Waals surface area (Å²) < 4.78 is 34.5. The zero-order valence-electron chi connectivity index (χ0n) is 16.7.